The van der Waals surface area contributed by atoms with Gasteiger partial charge in [-0.15, -0.1) is 0 Å². The molecule has 0 spiro atoms. The van der Waals surface area contributed by atoms with Gasteiger partial charge in [0.1, 0.15) is 0 Å². The molecule has 0 aromatic carbocycles. The molecule has 3 nitrogen and oxygen atoms in total. The zero-order valence-corrected chi connectivity index (χ0v) is 13.5. The average molecular weight is 282 g/mol. The minimum Gasteiger partial charge on any atom is -0.394 e. The Hall–Kier alpha value is -0.120. The standard InChI is InChI=1S/C17H34N2O/c1-15(2)18-17(14-20)10-7-8-16(17)9-13-19-11-5-3-4-6-12-19/h15-16,18,20H,3-14H2,1-2H3. The second-order valence-corrected chi connectivity index (χ2v) is 7.25. The van der Waals surface area contributed by atoms with E-state index < -0.39 is 0 Å². The number of aliphatic hydroxyl groups excluding tert-OH is 1. The Morgan fingerprint density at radius 2 is 1.85 bits per heavy atom. The van der Waals surface area contributed by atoms with Crippen molar-refractivity contribution in [2.24, 2.45) is 5.92 Å². The van der Waals surface area contributed by atoms with Crippen molar-refractivity contribution >= 4 is 0 Å². The molecule has 2 unspecified atom stereocenters. The molecule has 2 N–H and O–H groups in total. The van der Waals surface area contributed by atoms with Crippen LogP contribution in [0.5, 0.6) is 0 Å². The molecule has 0 radical (unpaired) electrons. The number of nitrogens with one attached hydrogen (secondary N) is 1. The second-order valence-electron chi connectivity index (χ2n) is 7.25. The molecule has 1 saturated heterocycles. The molecule has 20 heavy (non-hydrogen) atoms. The first-order valence-electron chi connectivity index (χ1n) is 8.77. The highest BCUT2D eigenvalue weighted by Gasteiger charge is 2.42. The van der Waals surface area contributed by atoms with Crippen molar-refractivity contribution in [3.63, 3.8) is 0 Å². The van der Waals surface area contributed by atoms with Crippen LogP contribution in [0.1, 0.15) is 65.2 Å². The average Bonchev–Trinajstić information content (AvgIpc) is 2.63. The van der Waals surface area contributed by atoms with Crippen molar-refractivity contribution in [2.45, 2.75) is 76.8 Å². The first kappa shape index (κ1) is 16.3. The Morgan fingerprint density at radius 1 is 1.15 bits per heavy atom. The van der Waals surface area contributed by atoms with Crippen molar-refractivity contribution < 1.29 is 5.11 Å². The predicted molar refractivity (Wildman–Crippen MR) is 85.0 cm³/mol. The minimum absolute atomic E-state index is 0.0000158. The Labute approximate surface area is 125 Å². The topological polar surface area (TPSA) is 35.5 Å². The highest BCUT2D eigenvalue weighted by atomic mass is 16.3. The lowest BCUT2D eigenvalue weighted by Gasteiger charge is -2.38. The Bertz CT molecular complexity index is 274. The summed E-state index contributed by atoms with van der Waals surface area (Å²) in [6.45, 7) is 8.50. The number of rotatable bonds is 6. The molecule has 0 bridgehead atoms. The van der Waals surface area contributed by atoms with E-state index in [-0.39, 0.29) is 5.54 Å². The summed E-state index contributed by atoms with van der Waals surface area (Å²) < 4.78 is 0. The van der Waals surface area contributed by atoms with Gasteiger partial charge < -0.3 is 15.3 Å². The van der Waals surface area contributed by atoms with Crippen LogP contribution in [0.3, 0.4) is 0 Å². The van der Waals surface area contributed by atoms with Gasteiger partial charge in [0.15, 0.2) is 0 Å². The van der Waals surface area contributed by atoms with Gasteiger partial charge in [-0.25, -0.2) is 0 Å². The first-order chi connectivity index (χ1) is 9.66. The number of hydrogen-bond donors (Lipinski definition) is 2. The Kier molecular flexibility index (Phi) is 6.31. The molecular formula is C17H34N2O. The fraction of sp³-hybridized carbons (Fsp3) is 1.00. The molecule has 1 saturated carbocycles. The van der Waals surface area contributed by atoms with E-state index in [4.69, 9.17) is 0 Å². The van der Waals surface area contributed by atoms with E-state index in [1.165, 1.54) is 64.6 Å². The molecular weight excluding hydrogens is 248 g/mol. The molecule has 2 rings (SSSR count). The van der Waals surface area contributed by atoms with Crippen LogP contribution < -0.4 is 5.32 Å². The van der Waals surface area contributed by atoms with E-state index in [9.17, 15) is 5.11 Å². The van der Waals surface area contributed by atoms with Gasteiger partial charge in [-0.05, 0) is 57.7 Å². The van der Waals surface area contributed by atoms with Gasteiger partial charge in [-0.1, -0.05) is 33.1 Å². The summed E-state index contributed by atoms with van der Waals surface area (Å²) in [4.78, 5) is 2.66. The lowest BCUT2D eigenvalue weighted by Crippen LogP contribution is -2.54. The first-order valence-corrected chi connectivity index (χ1v) is 8.77. The predicted octanol–water partition coefficient (Wildman–Crippen LogP) is 2.78. The molecule has 0 amide bonds. The second kappa shape index (κ2) is 7.77. The zero-order valence-electron chi connectivity index (χ0n) is 13.5. The van der Waals surface area contributed by atoms with Crippen molar-refractivity contribution in [1.29, 1.82) is 0 Å². The molecule has 118 valence electrons. The lowest BCUT2D eigenvalue weighted by molar-refractivity contribution is 0.103. The van der Waals surface area contributed by atoms with Crippen LogP contribution >= 0.6 is 0 Å². The number of likely N-dealkylation sites (tertiary alicyclic amines) is 1. The van der Waals surface area contributed by atoms with E-state index in [2.05, 4.69) is 24.1 Å². The molecule has 2 fully saturated rings. The van der Waals surface area contributed by atoms with Crippen LogP contribution in [0.4, 0.5) is 0 Å². The van der Waals surface area contributed by atoms with E-state index >= 15 is 0 Å². The maximum absolute atomic E-state index is 9.94. The van der Waals surface area contributed by atoms with Crippen LogP contribution in [-0.2, 0) is 0 Å². The van der Waals surface area contributed by atoms with Crippen molar-refractivity contribution in [3.05, 3.63) is 0 Å². The normalized spacial score (nSPS) is 32.7. The fourth-order valence-corrected chi connectivity index (χ4v) is 4.28. The van der Waals surface area contributed by atoms with Crippen LogP contribution in [0, 0.1) is 5.92 Å². The van der Waals surface area contributed by atoms with E-state index in [0.717, 1.165) is 6.42 Å². The largest absolute Gasteiger partial charge is 0.394 e. The summed E-state index contributed by atoms with van der Waals surface area (Å²) in [5, 5.41) is 13.6. The zero-order chi connectivity index (χ0) is 14.4. The number of aliphatic hydroxyl groups is 1. The van der Waals surface area contributed by atoms with E-state index in [1.54, 1.807) is 0 Å². The van der Waals surface area contributed by atoms with Crippen molar-refractivity contribution in [1.82, 2.24) is 10.2 Å². The third-order valence-electron chi connectivity index (χ3n) is 5.31. The molecule has 3 heteroatoms. The third-order valence-corrected chi connectivity index (χ3v) is 5.31. The van der Waals surface area contributed by atoms with Crippen LogP contribution in [0.2, 0.25) is 0 Å². The summed E-state index contributed by atoms with van der Waals surface area (Å²) in [6, 6.07) is 0.459. The summed E-state index contributed by atoms with van der Waals surface area (Å²) >= 11 is 0. The SMILES string of the molecule is CC(C)NC1(CO)CCCC1CCN1CCCCCC1. The number of hydrogen-bond acceptors (Lipinski definition) is 3. The molecule has 1 aliphatic carbocycles. The van der Waals surface area contributed by atoms with Crippen LogP contribution in [-0.4, -0.2) is 47.8 Å². The van der Waals surface area contributed by atoms with Crippen LogP contribution in [0.15, 0.2) is 0 Å². The minimum atomic E-state index is 0.0000158. The molecule has 2 atom stereocenters. The van der Waals surface area contributed by atoms with Crippen LogP contribution in [0.25, 0.3) is 0 Å². The van der Waals surface area contributed by atoms with Crippen molar-refractivity contribution in [3.8, 4) is 0 Å². The third kappa shape index (κ3) is 4.19. The van der Waals surface area contributed by atoms with Gasteiger partial charge in [-0.2, -0.15) is 0 Å². The Morgan fingerprint density at radius 3 is 2.45 bits per heavy atom. The van der Waals surface area contributed by atoms with Gasteiger partial charge in [-0.3, -0.25) is 0 Å². The smallest absolute Gasteiger partial charge is 0.0616 e. The van der Waals surface area contributed by atoms with E-state index in [0.29, 0.717) is 18.6 Å². The molecule has 2 aliphatic rings. The molecule has 1 heterocycles. The highest BCUT2D eigenvalue weighted by molar-refractivity contribution is 5.00. The molecule has 0 aromatic heterocycles. The summed E-state index contributed by atoms with van der Waals surface area (Å²) in [7, 11) is 0. The molecule has 1 aliphatic heterocycles. The summed E-state index contributed by atoms with van der Waals surface area (Å²) in [5.41, 5.74) is 0.0000158. The van der Waals surface area contributed by atoms with Gasteiger partial charge in [0.05, 0.1) is 6.61 Å². The maximum atomic E-state index is 9.94. The summed E-state index contributed by atoms with van der Waals surface area (Å²) in [5.74, 6) is 0.651. The van der Waals surface area contributed by atoms with Gasteiger partial charge in [0.25, 0.3) is 0 Å². The molecule has 0 aromatic rings. The Balaban J connectivity index is 1.86. The summed E-state index contributed by atoms with van der Waals surface area (Å²) in [6.07, 6.45) is 10.5. The number of nitrogens with zero attached hydrogens (tertiary/aromatic N) is 1. The van der Waals surface area contributed by atoms with Crippen molar-refractivity contribution in [2.75, 3.05) is 26.2 Å². The van der Waals surface area contributed by atoms with E-state index in [1.807, 2.05) is 0 Å². The maximum Gasteiger partial charge on any atom is 0.0616 e. The monoisotopic (exact) mass is 282 g/mol. The van der Waals surface area contributed by atoms with Gasteiger partial charge in [0.2, 0.25) is 0 Å². The highest BCUT2D eigenvalue weighted by Crippen LogP contribution is 2.38. The quantitative estimate of drug-likeness (QED) is 0.786. The van der Waals surface area contributed by atoms with Gasteiger partial charge in [0, 0.05) is 11.6 Å². The fourth-order valence-electron chi connectivity index (χ4n) is 4.28. The van der Waals surface area contributed by atoms with Gasteiger partial charge >= 0.3 is 0 Å². The lowest BCUT2D eigenvalue weighted by atomic mass is 9.84.